The van der Waals surface area contributed by atoms with Gasteiger partial charge in [0, 0.05) is 11.1 Å². The average molecular weight is 538 g/mol. The van der Waals surface area contributed by atoms with Crippen LogP contribution in [0.15, 0.2) is 41.3 Å². The van der Waals surface area contributed by atoms with Crippen LogP contribution in [0.4, 0.5) is 11.4 Å². The summed E-state index contributed by atoms with van der Waals surface area (Å²) < 4.78 is 58.6. The highest BCUT2D eigenvalue weighted by atomic mass is 35.5. The first-order chi connectivity index (χ1) is 15.2. The zero-order chi connectivity index (χ0) is 25.1. The van der Waals surface area contributed by atoms with Gasteiger partial charge in [-0.15, -0.1) is 0 Å². The van der Waals surface area contributed by atoms with Crippen molar-refractivity contribution in [2.75, 3.05) is 23.0 Å². The fourth-order valence-corrected chi connectivity index (χ4v) is 5.88. The number of hydrogen-bond donors (Lipinski definition) is 2. The first-order valence-electron chi connectivity index (χ1n) is 9.63. The first-order valence-corrected chi connectivity index (χ1v) is 13.7. The van der Waals surface area contributed by atoms with Gasteiger partial charge in [-0.3, -0.25) is 9.10 Å². The minimum Gasteiger partial charge on any atom is -0.495 e. The van der Waals surface area contributed by atoms with E-state index in [1.165, 1.54) is 50.4 Å². The van der Waals surface area contributed by atoms with Crippen LogP contribution >= 0.6 is 23.2 Å². The van der Waals surface area contributed by atoms with Crippen molar-refractivity contribution in [3.8, 4) is 5.75 Å². The van der Waals surface area contributed by atoms with E-state index in [-0.39, 0.29) is 38.1 Å². The molecule has 0 bridgehead atoms. The van der Waals surface area contributed by atoms with Crippen LogP contribution in [0.3, 0.4) is 0 Å². The molecule has 0 saturated heterocycles. The standard InChI is InChI=1S/C20H25Cl2N3O6S2/c1-12(2)24-33(29,30)15-7-9-19(31-4)17(11-15)23-20(26)13(3)25(32(5,27)28)18-10-14(21)6-8-16(18)22/h6-13,24H,1-5H3,(H,23,26). The van der Waals surface area contributed by atoms with Gasteiger partial charge in [-0.05, 0) is 57.2 Å². The number of rotatable bonds is 9. The minimum absolute atomic E-state index is 0.0266. The van der Waals surface area contributed by atoms with Crippen LogP contribution in [-0.4, -0.2) is 48.2 Å². The number of benzene rings is 2. The zero-order valence-electron chi connectivity index (χ0n) is 18.6. The fourth-order valence-electron chi connectivity index (χ4n) is 3.00. The van der Waals surface area contributed by atoms with Gasteiger partial charge in [0.15, 0.2) is 0 Å². The molecule has 1 atom stereocenters. The van der Waals surface area contributed by atoms with Crippen molar-refractivity contribution in [1.29, 1.82) is 0 Å². The summed E-state index contributed by atoms with van der Waals surface area (Å²) in [5, 5.41) is 2.85. The minimum atomic E-state index is -3.96. The lowest BCUT2D eigenvalue weighted by Gasteiger charge is -2.29. The van der Waals surface area contributed by atoms with Crippen molar-refractivity contribution in [1.82, 2.24) is 4.72 Å². The smallest absolute Gasteiger partial charge is 0.248 e. The molecule has 0 radical (unpaired) electrons. The summed E-state index contributed by atoms with van der Waals surface area (Å²) >= 11 is 12.2. The number of carbonyl (C=O) groups excluding carboxylic acids is 1. The van der Waals surface area contributed by atoms with Crippen LogP contribution in [0.25, 0.3) is 0 Å². The lowest BCUT2D eigenvalue weighted by molar-refractivity contribution is -0.116. The maximum Gasteiger partial charge on any atom is 0.248 e. The van der Waals surface area contributed by atoms with E-state index in [4.69, 9.17) is 27.9 Å². The number of amides is 1. The van der Waals surface area contributed by atoms with E-state index >= 15 is 0 Å². The molecule has 0 aliphatic heterocycles. The van der Waals surface area contributed by atoms with Crippen molar-refractivity contribution in [2.45, 2.75) is 37.8 Å². The number of halogens is 2. The predicted octanol–water partition coefficient (Wildman–Crippen LogP) is 3.48. The van der Waals surface area contributed by atoms with E-state index in [0.29, 0.717) is 0 Å². The summed E-state index contributed by atoms with van der Waals surface area (Å²) in [5.41, 5.74) is 0.0744. The molecule has 0 fully saturated rings. The van der Waals surface area contributed by atoms with Crippen LogP contribution in [0.1, 0.15) is 20.8 Å². The Morgan fingerprint density at radius 2 is 1.67 bits per heavy atom. The lowest BCUT2D eigenvalue weighted by atomic mass is 10.2. The van der Waals surface area contributed by atoms with E-state index < -0.39 is 32.0 Å². The van der Waals surface area contributed by atoms with E-state index in [9.17, 15) is 21.6 Å². The summed E-state index contributed by atoms with van der Waals surface area (Å²) in [6.07, 6.45) is 0.930. The summed E-state index contributed by atoms with van der Waals surface area (Å²) in [6, 6.07) is 6.57. The number of nitrogens with one attached hydrogen (secondary N) is 2. The topological polar surface area (TPSA) is 122 Å². The second kappa shape index (κ2) is 10.5. The third-order valence-corrected chi connectivity index (χ3v) is 7.80. The van der Waals surface area contributed by atoms with Crippen molar-refractivity contribution >= 4 is 60.5 Å². The van der Waals surface area contributed by atoms with E-state index in [2.05, 4.69) is 10.0 Å². The molecule has 33 heavy (non-hydrogen) atoms. The van der Waals surface area contributed by atoms with Crippen molar-refractivity contribution in [2.24, 2.45) is 0 Å². The molecule has 0 aliphatic rings. The highest BCUT2D eigenvalue weighted by Crippen LogP contribution is 2.33. The first kappa shape index (κ1) is 27.2. The van der Waals surface area contributed by atoms with Gasteiger partial charge in [0.25, 0.3) is 0 Å². The monoisotopic (exact) mass is 537 g/mol. The molecule has 13 heteroatoms. The van der Waals surface area contributed by atoms with Crippen LogP contribution < -0.4 is 19.1 Å². The van der Waals surface area contributed by atoms with Gasteiger partial charge in [-0.2, -0.15) is 0 Å². The third kappa shape index (κ3) is 6.73. The highest BCUT2D eigenvalue weighted by Gasteiger charge is 2.31. The van der Waals surface area contributed by atoms with Crippen molar-refractivity contribution < 1.29 is 26.4 Å². The normalized spacial score (nSPS) is 13.0. The summed E-state index contributed by atoms with van der Waals surface area (Å²) in [5.74, 6) is -0.563. The fraction of sp³-hybridized carbons (Fsp3) is 0.350. The summed E-state index contributed by atoms with van der Waals surface area (Å²) in [4.78, 5) is 13.0. The number of nitrogens with zero attached hydrogens (tertiary/aromatic N) is 1. The number of hydrogen-bond acceptors (Lipinski definition) is 6. The van der Waals surface area contributed by atoms with Crippen LogP contribution in [0, 0.1) is 0 Å². The van der Waals surface area contributed by atoms with E-state index in [1.807, 2.05) is 0 Å². The molecule has 2 rings (SSSR count). The molecule has 1 unspecified atom stereocenters. The van der Waals surface area contributed by atoms with Gasteiger partial charge in [0.05, 0.1) is 34.7 Å². The van der Waals surface area contributed by atoms with Gasteiger partial charge in [0.2, 0.25) is 26.0 Å². The molecular weight excluding hydrogens is 513 g/mol. The number of methoxy groups -OCH3 is 1. The van der Waals surface area contributed by atoms with E-state index in [1.54, 1.807) is 13.8 Å². The summed E-state index contributed by atoms with van der Waals surface area (Å²) in [6.45, 7) is 4.71. The average Bonchev–Trinajstić information content (AvgIpc) is 2.68. The van der Waals surface area contributed by atoms with E-state index in [0.717, 1.165) is 10.6 Å². The largest absolute Gasteiger partial charge is 0.495 e. The molecule has 2 aromatic carbocycles. The predicted molar refractivity (Wildman–Crippen MR) is 130 cm³/mol. The lowest BCUT2D eigenvalue weighted by Crippen LogP contribution is -2.45. The SMILES string of the molecule is COc1ccc(S(=O)(=O)NC(C)C)cc1NC(=O)C(C)N(c1cc(Cl)ccc1Cl)S(C)(=O)=O. The Balaban J connectivity index is 2.47. The van der Waals surface area contributed by atoms with Gasteiger partial charge in [0.1, 0.15) is 11.8 Å². The molecule has 0 aromatic heterocycles. The Bertz CT molecular complexity index is 1250. The second-order valence-electron chi connectivity index (χ2n) is 7.46. The Labute approximate surface area is 204 Å². The second-order valence-corrected chi connectivity index (χ2v) is 11.9. The maximum absolute atomic E-state index is 13.1. The Hall–Kier alpha value is -2.05. The molecular formula is C20H25Cl2N3O6S2. The van der Waals surface area contributed by atoms with Gasteiger partial charge >= 0.3 is 0 Å². The molecule has 1 amide bonds. The number of anilines is 2. The van der Waals surface area contributed by atoms with Crippen LogP contribution in [0.2, 0.25) is 10.0 Å². The Kier molecular flexibility index (Phi) is 8.63. The van der Waals surface area contributed by atoms with Gasteiger partial charge in [-0.25, -0.2) is 21.6 Å². The zero-order valence-corrected chi connectivity index (χ0v) is 21.7. The number of ether oxygens (including phenoxy) is 1. The van der Waals surface area contributed by atoms with Crippen LogP contribution in [-0.2, 0) is 24.8 Å². The number of carbonyl (C=O) groups is 1. The highest BCUT2D eigenvalue weighted by molar-refractivity contribution is 7.92. The van der Waals surface area contributed by atoms with Gasteiger partial charge < -0.3 is 10.1 Å². The van der Waals surface area contributed by atoms with Crippen LogP contribution in [0.5, 0.6) is 5.75 Å². The molecule has 0 heterocycles. The molecule has 9 nitrogen and oxygen atoms in total. The molecule has 182 valence electrons. The summed E-state index contributed by atoms with van der Waals surface area (Å²) in [7, 11) is -6.46. The Morgan fingerprint density at radius 3 is 2.21 bits per heavy atom. The molecule has 0 spiro atoms. The molecule has 2 aromatic rings. The maximum atomic E-state index is 13.1. The number of sulfonamides is 2. The van der Waals surface area contributed by atoms with Gasteiger partial charge in [-0.1, -0.05) is 23.2 Å². The molecule has 0 aliphatic carbocycles. The molecule has 0 saturated carbocycles. The Morgan fingerprint density at radius 1 is 1.03 bits per heavy atom. The van der Waals surface area contributed by atoms with Crippen molar-refractivity contribution in [3.63, 3.8) is 0 Å². The van der Waals surface area contributed by atoms with Crippen molar-refractivity contribution in [3.05, 3.63) is 46.4 Å². The quantitative estimate of drug-likeness (QED) is 0.504. The third-order valence-electron chi connectivity index (χ3n) is 4.36. The molecule has 2 N–H and O–H groups in total.